The van der Waals surface area contributed by atoms with E-state index in [4.69, 9.17) is 9.47 Å². The van der Waals surface area contributed by atoms with Crippen molar-refractivity contribution in [2.75, 3.05) is 25.1 Å². The molecule has 1 aliphatic rings. The molecule has 0 fully saturated rings. The van der Waals surface area contributed by atoms with Crippen LogP contribution in [0.1, 0.15) is 13.8 Å². The molecule has 0 amide bonds. The molecule has 7 nitrogen and oxygen atoms in total. The van der Waals surface area contributed by atoms with Crippen molar-refractivity contribution in [3.8, 4) is 11.5 Å². The Bertz CT molecular complexity index is 1030. The summed E-state index contributed by atoms with van der Waals surface area (Å²) in [4.78, 5) is 8.80. The van der Waals surface area contributed by atoms with Crippen LogP contribution in [-0.2, 0) is 0 Å². The number of nitrogens with one attached hydrogen (secondary N) is 2. The van der Waals surface area contributed by atoms with E-state index in [0.717, 1.165) is 21.1 Å². The zero-order chi connectivity index (χ0) is 21.1. The maximum Gasteiger partial charge on any atom is 0.163 e. The second-order valence-electron chi connectivity index (χ2n) is 7.67. The standard InChI is InChI=1S/C22H25BrN4O3/c1-13(2)19(10-28)24-9-16-11-29-20-8-18-17(7-21(20)30-16)22(26-12-25-18)27-15-5-3-4-14(23)6-15/h3-8,12-13,16,19,24,28H,9-11H2,1-2H3,(H,25,26,27). The third-order valence-electron chi connectivity index (χ3n) is 5.12. The number of ether oxygens (including phenoxy) is 2. The smallest absolute Gasteiger partial charge is 0.163 e. The average molecular weight is 473 g/mol. The van der Waals surface area contributed by atoms with Gasteiger partial charge >= 0.3 is 0 Å². The summed E-state index contributed by atoms with van der Waals surface area (Å²) in [5.41, 5.74) is 1.70. The van der Waals surface area contributed by atoms with Crippen LogP contribution in [-0.4, -0.2) is 47.0 Å². The monoisotopic (exact) mass is 472 g/mol. The molecular formula is C22H25BrN4O3. The third kappa shape index (κ3) is 4.66. The molecule has 4 rings (SSSR count). The zero-order valence-electron chi connectivity index (χ0n) is 16.9. The van der Waals surface area contributed by atoms with E-state index >= 15 is 0 Å². The fourth-order valence-corrected chi connectivity index (χ4v) is 3.76. The first-order chi connectivity index (χ1) is 14.5. The Morgan fingerprint density at radius 1 is 1.20 bits per heavy atom. The Morgan fingerprint density at radius 3 is 2.83 bits per heavy atom. The van der Waals surface area contributed by atoms with Crippen molar-refractivity contribution in [3.05, 3.63) is 47.2 Å². The highest BCUT2D eigenvalue weighted by Gasteiger charge is 2.24. The third-order valence-corrected chi connectivity index (χ3v) is 5.61. The van der Waals surface area contributed by atoms with Crippen LogP contribution in [0.5, 0.6) is 11.5 Å². The molecule has 0 aliphatic carbocycles. The molecule has 2 atom stereocenters. The van der Waals surface area contributed by atoms with Gasteiger partial charge in [0, 0.05) is 34.2 Å². The summed E-state index contributed by atoms with van der Waals surface area (Å²) < 4.78 is 13.1. The topological polar surface area (TPSA) is 88.5 Å². The van der Waals surface area contributed by atoms with E-state index < -0.39 is 0 Å². The number of aromatic nitrogens is 2. The van der Waals surface area contributed by atoms with Crippen LogP contribution in [0.3, 0.4) is 0 Å². The Hall–Kier alpha value is -2.42. The maximum absolute atomic E-state index is 9.51. The van der Waals surface area contributed by atoms with Gasteiger partial charge in [-0.3, -0.25) is 0 Å². The van der Waals surface area contributed by atoms with E-state index in [-0.39, 0.29) is 18.8 Å². The molecule has 8 heteroatoms. The molecule has 30 heavy (non-hydrogen) atoms. The van der Waals surface area contributed by atoms with Gasteiger partial charge in [0.1, 0.15) is 24.9 Å². The number of fused-ring (bicyclic) bond motifs is 2. The minimum Gasteiger partial charge on any atom is -0.486 e. The number of halogens is 1. The van der Waals surface area contributed by atoms with Gasteiger partial charge in [-0.2, -0.15) is 0 Å². The van der Waals surface area contributed by atoms with Crippen molar-refractivity contribution in [3.63, 3.8) is 0 Å². The van der Waals surface area contributed by atoms with Crippen LogP contribution in [0.25, 0.3) is 10.9 Å². The van der Waals surface area contributed by atoms with Gasteiger partial charge in [0.15, 0.2) is 11.5 Å². The molecular weight excluding hydrogens is 448 g/mol. The predicted molar refractivity (Wildman–Crippen MR) is 121 cm³/mol. The van der Waals surface area contributed by atoms with Crippen LogP contribution in [0.15, 0.2) is 47.2 Å². The summed E-state index contributed by atoms with van der Waals surface area (Å²) in [6.07, 6.45) is 1.39. The lowest BCUT2D eigenvalue weighted by atomic mass is 10.1. The van der Waals surface area contributed by atoms with Crippen molar-refractivity contribution in [1.29, 1.82) is 0 Å². The first-order valence-electron chi connectivity index (χ1n) is 9.98. The molecule has 0 radical (unpaired) electrons. The Labute approximate surface area is 184 Å². The number of rotatable bonds is 7. The quantitative estimate of drug-likeness (QED) is 0.480. The predicted octanol–water partition coefficient (Wildman–Crippen LogP) is 3.88. The Morgan fingerprint density at radius 2 is 2.07 bits per heavy atom. The fraction of sp³-hybridized carbons (Fsp3) is 0.364. The number of nitrogens with zero attached hydrogens (tertiary/aromatic N) is 2. The van der Waals surface area contributed by atoms with Gasteiger partial charge in [-0.15, -0.1) is 0 Å². The molecule has 0 bridgehead atoms. The molecule has 0 saturated carbocycles. The van der Waals surface area contributed by atoms with Gasteiger partial charge in [0.2, 0.25) is 0 Å². The van der Waals surface area contributed by atoms with Gasteiger partial charge in [-0.25, -0.2) is 9.97 Å². The lowest BCUT2D eigenvalue weighted by Crippen LogP contribution is -2.45. The van der Waals surface area contributed by atoms with Gasteiger partial charge < -0.3 is 25.2 Å². The van der Waals surface area contributed by atoms with Crippen molar-refractivity contribution in [2.45, 2.75) is 26.0 Å². The molecule has 3 N–H and O–H groups in total. The number of hydrogen-bond donors (Lipinski definition) is 3. The lowest BCUT2D eigenvalue weighted by Gasteiger charge is -2.29. The van der Waals surface area contributed by atoms with Crippen molar-refractivity contribution < 1.29 is 14.6 Å². The van der Waals surface area contributed by atoms with E-state index in [2.05, 4.69) is 50.4 Å². The summed E-state index contributed by atoms with van der Waals surface area (Å²) in [7, 11) is 0. The SMILES string of the molecule is CC(C)C(CO)NCC1COc2cc3ncnc(Nc4cccc(Br)c4)c3cc2O1. The van der Waals surface area contributed by atoms with E-state index in [1.54, 1.807) is 0 Å². The number of aliphatic hydroxyl groups is 1. The Kier molecular flexibility index (Phi) is 6.36. The van der Waals surface area contributed by atoms with Crippen LogP contribution in [0.2, 0.25) is 0 Å². The van der Waals surface area contributed by atoms with Crippen LogP contribution in [0, 0.1) is 5.92 Å². The molecule has 2 unspecified atom stereocenters. The number of anilines is 2. The van der Waals surface area contributed by atoms with E-state index in [1.807, 2.05) is 36.4 Å². The van der Waals surface area contributed by atoms with Crippen molar-refractivity contribution >= 4 is 38.3 Å². The van der Waals surface area contributed by atoms with Gasteiger partial charge in [0.05, 0.1) is 12.1 Å². The van der Waals surface area contributed by atoms with Gasteiger partial charge in [-0.1, -0.05) is 35.8 Å². The summed E-state index contributed by atoms with van der Waals surface area (Å²) in [5.74, 6) is 2.37. The largest absolute Gasteiger partial charge is 0.486 e. The van der Waals surface area contributed by atoms with Crippen LogP contribution < -0.4 is 20.1 Å². The first kappa shape index (κ1) is 20.8. The molecule has 2 heterocycles. The second kappa shape index (κ2) is 9.16. The molecule has 1 aromatic heterocycles. The highest BCUT2D eigenvalue weighted by molar-refractivity contribution is 9.10. The molecule has 2 aromatic carbocycles. The summed E-state index contributed by atoms with van der Waals surface area (Å²) in [6.45, 7) is 5.28. The zero-order valence-corrected chi connectivity index (χ0v) is 18.5. The van der Waals surface area contributed by atoms with E-state index in [9.17, 15) is 5.11 Å². The Balaban J connectivity index is 1.56. The van der Waals surface area contributed by atoms with Crippen LogP contribution in [0.4, 0.5) is 11.5 Å². The highest BCUT2D eigenvalue weighted by atomic mass is 79.9. The normalized spacial score (nSPS) is 16.6. The summed E-state index contributed by atoms with van der Waals surface area (Å²) >= 11 is 3.49. The fourth-order valence-electron chi connectivity index (χ4n) is 3.36. The lowest BCUT2D eigenvalue weighted by molar-refractivity contribution is 0.0831. The number of hydrogen-bond acceptors (Lipinski definition) is 7. The van der Waals surface area contributed by atoms with Gasteiger partial charge in [-0.05, 0) is 30.2 Å². The number of aliphatic hydroxyl groups excluding tert-OH is 1. The maximum atomic E-state index is 9.51. The molecule has 1 aliphatic heterocycles. The number of benzene rings is 2. The molecule has 158 valence electrons. The minimum absolute atomic E-state index is 0.0287. The highest BCUT2D eigenvalue weighted by Crippen LogP contribution is 2.37. The van der Waals surface area contributed by atoms with E-state index in [0.29, 0.717) is 36.4 Å². The molecule has 0 spiro atoms. The van der Waals surface area contributed by atoms with Crippen LogP contribution >= 0.6 is 15.9 Å². The molecule has 3 aromatic rings. The minimum atomic E-state index is -0.145. The second-order valence-corrected chi connectivity index (χ2v) is 8.58. The average Bonchev–Trinajstić information content (AvgIpc) is 2.73. The summed E-state index contributed by atoms with van der Waals surface area (Å²) in [6, 6.07) is 11.7. The first-order valence-corrected chi connectivity index (χ1v) is 10.8. The summed E-state index contributed by atoms with van der Waals surface area (Å²) in [5, 5.41) is 17.1. The van der Waals surface area contributed by atoms with E-state index in [1.165, 1.54) is 6.33 Å². The van der Waals surface area contributed by atoms with Crippen molar-refractivity contribution in [2.24, 2.45) is 5.92 Å². The molecule has 0 saturated heterocycles. The van der Waals surface area contributed by atoms with Crippen molar-refractivity contribution in [1.82, 2.24) is 15.3 Å². The van der Waals surface area contributed by atoms with Gasteiger partial charge in [0.25, 0.3) is 0 Å².